The third kappa shape index (κ3) is 3.89. The van der Waals surface area contributed by atoms with Crippen molar-refractivity contribution in [3.8, 4) is 11.5 Å². The van der Waals surface area contributed by atoms with Crippen molar-refractivity contribution in [3.63, 3.8) is 0 Å². The van der Waals surface area contributed by atoms with E-state index in [2.05, 4.69) is 10.6 Å². The maximum atomic E-state index is 13.0. The van der Waals surface area contributed by atoms with Crippen LogP contribution in [0.25, 0.3) is 0 Å². The van der Waals surface area contributed by atoms with Crippen LogP contribution in [0.2, 0.25) is 0 Å². The number of benzene rings is 1. The maximum absolute atomic E-state index is 13.0. The molecule has 1 saturated heterocycles. The summed E-state index contributed by atoms with van der Waals surface area (Å²) in [6, 6.07) is 7.06. The van der Waals surface area contributed by atoms with Gasteiger partial charge in [-0.2, -0.15) is 0 Å². The maximum Gasteiger partial charge on any atom is 0.263 e. The molecule has 1 unspecified atom stereocenters. The summed E-state index contributed by atoms with van der Waals surface area (Å²) in [5, 5.41) is 6.18. The number of carbonyl (C=O) groups is 1. The molecular weight excluding hydrogens is 358 g/mol. The first kappa shape index (κ1) is 18.6. The van der Waals surface area contributed by atoms with E-state index < -0.39 is 5.91 Å². The second-order valence-electron chi connectivity index (χ2n) is 7.36. The smallest absolute Gasteiger partial charge is 0.263 e. The van der Waals surface area contributed by atoms with Gasteiger partial charge in [0.2, 0.25) is 0 Å². The summed E-state index contributed by atoms with van der Waals surface area (Å²) >= 11 is 0. The zero-order valence-electron chi connectivity index (χ0n) is 16.0. The molecule has 7 nitrogen and oxygen atoms in total. The molecule has 1 aromatic carbocycles. The molecule has 2 aliphatic heterocycles. The second kappa shape index (κ2) is 8.06. The first-order chi connectivity index (χ1) is 13.6. The number of pyridine rings is 1. The van der Waals surface area contributed by atoms with Crippen molar-refractivity contribution >= 4 is 11.6 Å². The number of piperidine rings is 1. The van der Waals surface area contributed by atoms with Gasteiger partial charge in [0.15, 0.2) is 11.5 Å². The number of aryl methyl sites for hydroxylation is 1. The van der Waals surface area contributed by atoms with Gasteiger partial charge in [-0.1, -0.05) is 0 Å². The van der Waals surface area contributed by atoms with E-state index >= 15 is 0 Å². The van der Waals surface area contributed by atoms with Crippen molar-refractivity contribution in [2.75, 3.05) is 31.6 Å². The van der Waals surface area contributed by atoms with Crippen molar-refractivity contribution in [2.24, 2.45) is 5.92 Å². The molecule has 28 heavy (non-hydrogen) atoms. The Kier molecular flexibility index (Phi) is 5.34. The van der Waals surface area contributed by atoms with Gasteiger partial charge in [0.25, 0.3) is 11.5 Å². The van der Waals surface area contributed by atoms with Crippen LogP contribution in [-0.4, -0.2) is 36.8 Å². The van der Waals surface area contributed by atoms with Crippen LogP contribution in [0.3, 0.4) is 0 Å². The van der Waals surface area contributed by atoms with Gasteiger partial charge in [0.1, 0.15) is 18.8 Å². The number of anilines is 1. The van der Waals surface area contributed by atoms with Crippen molar-refractivity contribution in [1.82, 2.24) is 9.88 Å². The van der Waals surface area contributed by atoms with Crippen LogP contribution in [0.5, 0.6) is 11.5 Å². The molecule has 2 aromatic rings. The molecule has 1 atom stereocenters. The predicted octanol–water partition coefficient (Wildman–Crippen LogP) is 2.18. The number of hydrogen-bond acceptors (Lipinski definition) is 5. The molecule has 0 bridgehead atoms. The second-order valence-corrected chi connectivity index (χ2v) is 7.36. The van der Waals surface area contributed by atoms with Crippen molar-refractivity contribution in [3.05, 3.63) is 51.9 Å². The van der Waals surface area contributed by atoms with Crippen LogP contribution in [0.1, 0.15) is 28.8 Å². The molecule has 0 aliphatic carbocycles. The molecule has 0 spiro atoms. The van der Waals surface area contributed by atoms with E-state index in [1.165, 1.54) is 0 Å². The van der Waals surface area contributed by atoms with Gasteiger partial charge in [0.05, 0.1) is 0 Å². The lowest BCUT2D eigenvalue weighted by Crippen LogP contribution is -2.36. The van der Waals surface area contributed by atoms with Gasteiger partial charge in [-0.25, -0.2) is 0 Å². The molecule has 148 valence electrons. The summed E-state index contributed by atoms with van der Waals surface area (Å²) in [4.78, 5) is 25.8. The Morgan fingerprint density at radius 1 is 1.25 bits per heavy atom. The highest BCUT2D eigenvalue weighted by atomic mass is 16.6. The summed E-state index contributed by atoms with van der Waals surface area (Å²) in [6.07, 6.45) is 3.99. The van der Waals surface area contributed by atoms with Gasteiger partial charge >= 0.3 is 0 Å². The molecule has 2 N–H and O–H groups in total. The number of nitrogens with one attached hydrogen (secondary N) is 2. The number of fused-ring (bicyclic) bond motifs is 1. The average molecular weight is 383 g/mol. The zero-order chi connectivity index (χ0) is 19.5. The lowest BCUT2D eigenvalue weighted by atomic mass is 9.99. The standard InChI is InChI=1S/C21H25N3O4/c1-14-6-8-24(13-15-3-2-7-22-12-15)21(26)19(14)20(25)23-16-4-5-17-18(11-16)28-10-9-27-17/h4-6,8,11,15,22H,2-3,7,9-10,12-13H2,1H3,(H,23,25). The van der Waals surface area contributed by atoms with Crippen molar-refractivity contribution < 1.29 is 14.3 Å². The highest BCUT2D eigenvalue weighted by Gasteiger charge is 2.20. The SMILES string of the molecule is Cc1ccn(CC2CCCNC2)c(=O)c1C(=O)Nc1ccc2c(c1)OCCO2. The van der Waals surface area contributed by atoms with Crippen LogP contribution in [-0.2, 0) is 6.54 Å². The highest BCUT2D eigenvalue weighted by molar-refractivity contribution is 6.05. The number of ether oxygens (including phenoxy) is 2. The van der Waals surface area contributed by atoms with Gasteiger partial charge in [-0.15, -0.1) is 0 Å². The minimum Gasteiger partial charge on any atom is -0.486 e. The third-order valence-electron chi connectivity index (χ3n) is 5.25. The van der Waals surface area contributed by atoms with E-state index in [-0.39, 0.29) is 11.1 Å². The largest absolute Gasteiger partial charge is 0.486 e. The van der Waals surface area contributed by atoms with E-state index in [0.29, 0.717) is 48.4 Å². The molecule has 1 aromatic heterocycles. The Bertz CT molecular complexity index is 932. The Labute approximate surface area is 163 Å². The summed E-state index contributed by atoms with van der Waals surface area (Å²) in [6.45, 7) is 5.32. The predicted molar refractivity (Wildman–Crippen MR) is 106 cm³/mol. The lowest BCUT2D eigenvalue weighted by Gasteiger charge is -2.23. The number of amides is 1. The monoisotopic (exact) mass is 383 g/mol. The first-order valence-electron chi connectivity index (χ1n) is 9.73. The normalized spacial score (nSPS) is 18.5. The zero-order valence-corrected chi connectivity index (χ0v) is 16.0. The topological polar surface area (TPSA) is 81.6 Å². The van der Waals surface area contributed by atoms with Gasteiger partial charge in [0, 0.05) is 24.5 Å². The molecule has 4 rings (SSSR count). The highest BCUT2D eigenvalue weighted by Crippen LogP contribution is 2.32. The first-order valence-corrected chi connectivity index (χ1v) is 9.73. The fourth-order valence-corrected chi connectivity index (χ4v) is 3.76. The number of rotatable bonds is 4. The third-order valence-corrected chi connectivity index (χ3v) is 5.25. The Morgan fingerprint density at radius 3 is 2.86 bits per heavy atom. The molecule has 7 heteroatoms. The van der Waals surface area contributed by atoms with Crippen LogP contribution >= 0.6 is 0 Å². The lowest BCUT2D eigenvalue weighted by molar-refractivity contribution is 0.102. The molecular formula is C21H25N3O4. The minimum atomic E-state index is -0.407. The molecule has 3 heterocycles. The van der Waals surface area contributed by atoms with Crippen LogP contribution in [0.4, 0.5) is 5.69 Å². The summed E-state index contributed by atoms with van der Waals surface area (Å²) < 4.78 is 12.7. The molecule has 1 fully saturated rings. The van der Waals surface area contributed by atoms with Gasteiger partial charge < -0.3 is 24.7 Å². The Morgan fingerprint density at radius 2 is 2.07 bits per heavy atom. The number of nitrogens with zero attached hydrogens (tertiary/aromatic N) is 1. The number of aromatic nitrogens is 1. The van der Waals surface area contributed by atoms with Gasteiger partial charge in [-0.3, -0.25) is 9.59 Å². The molecule has 0 radical (unpaired) electrons. The number of carbonyl (C=O) groups excluding carboxylic acids is 1. The quantitative estimate of drug-likeness (QED) is 0.846. The minimum absolute atomic E-state index is 0.182. The average Bonchev–Trinajstić information content (AvgIpc) is 2.71. The van der Waals surface area contributed by atoms with Gasteiger partial charge in [-0.05, 0) is 62.5 Å². The van der Waals surface area contributed by atoms with E-state index in [1.807, 2.05) is 6.07 Å². The summed E-state index contributed by atoms with van der Waals surface area (Å²) in [5.41, 5.74) is 1.17. The molecule has 1 amide bonds. The van der Waals surface area contributed by atoms with Crippen molar-refractivity contribution in [1.29, 1.82) is 0 Å². The van der Waals surface area contributed by atoms with E-state index in [1.54, 1.807) is 35.9 Å². The Hall–Kier alpha value is -2.80. The molecule has 2 aliphatic rings. The fourth-order valence-electron chi connectivity index (χ4n) is 3.76. The number of hydrogen-bond donors (Lipinski definition) is 2. The van der Waals surface area contributed by atoms with Crippen LogP contribution < -0.4 is 25.7 Å². The van der Waals surface area contributed by atoms with E-state index in [9.17, 15) is 9.59 Å². The summed E-state index contributed by atoms with van der Waals surface area (Å²) in [5.74, 6) is 1.25. The van der Waals surface area contributed by atoms with E-state index in [0.717, 1.165) is 25.9 Å². The summed E-state index contributed by atoms with van der Waals surface area (Å²) in [7, 11) is 0. The van der Waals surface area contributed by atoms with Crippen LogP contribution in [0, 0.1) is 12.8 Å². The van der Waals surface area contributed by atoms with E-state index in [4.69, 9.17) is 9.47 Å². The Balaban J connectivity index is 1.55. The molecule has 0 saturated carbocycles. The van der Waals surface area contributed by atoms with Crippen molar-refractivity contribution in [2.45, 2.75) is 26.3 Å². The van der Waals surface area contributed by atoms with Crippen LogP contribution in [0.15, 0.2) is 35.3 Å². The fraction of sp³-hybridized carbons (Fsp3) is 0.429.